The number of rotatable bonds is 7. The van der Waals surface area contributed by atoms with E-state index in [2.05, 4.69) is 10.3 Å². The van der Waals surface area contributed by atoms with E-state index in [0.717, 1.165) is 0 Å². The number of hydrogen-bond acceptors (Lipinski definition) is 7. The van der Waals surface area contributed by atoms with E-state index in [4.69, 9.17) is 30.2 Å². The van der Waals surface area contributed by atoms with Gasteiger partial charge in [0.1, 0.15) is 17.0 Å². The standard InChI is InChI=1S/C20H19ClN2O6/c1-4-14(29-20(25)11-6-5-7-15-18(11)22-10-28-15)19(24)23-13-8-12(21)16(26-2)9-17(13)27-3/h5-10,14H,4H2,1-3H3,(H,23,24). The zero-order valence-corrected chi connectivity index (χ0v) is 16.8. The van der Waals surface area contributed by atoms with Crippen LogP contribution in [0.1, 0.15) is 23.7 Å². The molecule has 0 saturated carbocycles. The first kappa shape index (κ1) is 20.5. The number of oxazole rings is 1. The van der Waals surface area contributed by atoms with Crippen molar-refractivity contribution in [2.24, 2.45) is 0 Å². The highest BCUT2D eigenvalue weighted by Crippen LogP contribution is 2.36. The number of ether oxygens (including phenoxy) is 3. The first-order valence-electron chi connectivity index (χ1n) is 8.74. The molecular weight excluding hydrogens is 400 g/mol. The maximum absolute atomic E-state index is 12.7. The van der Waals surface area contributed by atoms with E-state index in [-0.39, 0.29) is 12.0 Å². The molecule has 3 rings (SSSR count). The van der Waals surface area contributed by atoms with Crippen molar-refractivity contribution in [2.45, 2.75) is 19.4 Å². The molecular formula is C20H19ClN2O6. The smallest absolute Gasteiger partial charge is 0.341 e. The first-order valence-corrected chi connectivity index (χ1v) is 9.11. The molecule has 0 radical (unpaired) electrons. The second kappa shape index (κ2) is 8.83. The van der Waals surface area contributed by atoms with Crippen LogP contribution in [0.3, 0.4) is 0 Å². The van der Waals surface area contributed by atoms with Crippen molar-refractivity contribution in [3.63, 3.8) is 0 Å². The van der Waals surface area contributed by atoms with Crippen LogP contribution in [-0.2, 0) is 9.53 Å². The van der Waals surface area contributed by atoms with E-state index in [0.29, 0.717) is 33.3 Å². The number of hydrogen-bond donors (Lipinski definition) is 1. The fraction of sp³-hybridized carbons (Fsp3) is 0.250. The van der Waals surface area contributed by atoms with Crippen molar-refractivity contribution >= 4 is 40.3 Å². The number of amides is 1. The quantitative estimate of drug-likeness (QED) is 0.577. The van der Waals surface area contributed by atoms with Crippen LogP contribution in [0.2, 0.25) is 5.02 Å². The number of esters is 1. The summed E-state index contributed by atoms with van der Waals surface area (Å²) in [7, 11) is 2.93. The van der Waals surface area contributed by atoms with Crippen LogP contribution >= 0.6 is 11.6 Å². The number of methoxy groups -OCH3 is 2. The van der Waals surface area contributed by atoms with Crippen molar-refractivity contribution < 1.29 is 28.2 Å². The molecule has 152 valence electrons. The summed E-state index contributed by atoms with van der Waals surface area (Å²) in [6.45, 7) is 1.73. The minimum Gasteiger partial charge on any atom is -0.495 e. The van der Waals surface area contributed by atoms with Crippen LogP contribution in [-0.4, -0.2) is 37.2 Å². The van der Waals surface area contributed by atoms with Crippen LogP contribution in [0.25, 0.3) is 11.1 Å². The molecule has 1 aromatic heterocycles. The summed E-state index contributed by atoms with van der Waals surface area (Å²) in [5.41, 5.74) is 1.37. The molecule has 1 amide bonds. The highest BCUT2D eigenvalue weighted by Gasteiger charge is 2.25. The minimum atomic E-state index is -1.03. The lowest BCUT2D eigenvalue weighted by molar-refractivity contribution is -0.124. The van der Waals surface area contributed by atoms with Gasteiger partial charge < -0.3 is 23.9 Å². The largest absolute Gasteiger partial charge is 0.495 e. The lowest BCUT2D eigenvalue weighted by Crippen LogP contribution is -2.32. The van der Waals surface area contributed by atoms with Crippen LogP contribution in [0.15, 0.2) is 41.1 Å². The molecule has 0 spiro atoms. The molecule has 0 aliphatic heterocycles. The predicted molar refractivity (Wildman–Crippen MR) is 107 cm³/mol. The molecule has 29 heavy (non-hydrogen) atoms. The highest BCUT2D eigenvalue weighted by atomic mass is 35.5. The zero-order chi connectivity index (χ0) is 21.0. The third-order valence-corrected chi connectivity index (χ3v) is 4.52. The van der Waals surface area contributed by atoms with Crippen molar-refractivity contribution in [3.8, 4) is 11.5 Å². The fourth-order valence-corrected chi connectivity index (χ4v) is 2.98. The summed E-state index contributed by atoms with van der Waals surface area (Å²) < 4.78 is 21.0. The predicted octanol–water partition coefficient (Wildman–Crippen LogP) is 4.07. The number of nitrogens with one attached hydrogen (secondary N) is 1. The van der Waals surface area contributed by atoms with Gasteiger partial charge in [0, 0.05) is 6.07 Å². The molecule has 3 aromatic rings. The van der Waals surface area contributed by atoms with Crippen molar-refractivity contribution in [1.29, 1.82) is 0 Å². The number of carbonyl (C=O) groups excluding carboxylic acids is 2. The normalized spacial score (nSPS) is 11.7. The highest BCUT2D eigenvalue weighted by molar-refractivity contribution is 6.32. The summed E-state index contributed by atoms with van der Waals surface area (Å²) in [5.74, 6) is -0.437. The molecule has 2 aromatic carbocycles. The topological polar surface area (TPSA) is 99.9 Å². The maximum Gasteiger partial charge on any atom is 0.341 e. The molecule has 1 unspecified atom stereocenters. The third-order valence-electron chi connectivity index (χ3n) is 4.22. The van der Waals surface area contributed by atoms with Gasteiger partial charge in [-0.3, -0.25) is 4.79 Å². The molecule has 0 aliphatic carbocycles. The van der Waals surface area contributed by atoms with Gasteiger partial charge in [0.25, 0.3) is 5.91 Å². The number of anilines is 1. The van der Waals surface area contributed by atoms with Crippen molar-refractivity contribution in [1.82, 2.24) is 4.98 Å². The number of nitrogens with zero attached hydrogens (tertiary/aromatic N) is 1. The Balaban J connectivity index is 1.78. The van der Waals surface area contributed by atoms with E-state index in [9.17, 15) is 9.59 Å². The van der Waals surface area contributed by atoms with Crippen LogP contribution in [0.5, 0.6) is 11.5 Å². The monoisotopic (exact) mass is 418 g/mol. The number of carbonyl (C=O) groups is 2. The maximum atomic E-state index is 12.7. The molecule has 1 heterocycles. The Bertz CT molecular complexity index is 1050. The summed E-state index contributed by atoms with van der Waals surface area (Å²) in [5, 5.41) is 2.98. The van der Waals surface area contributed by atoms with E-state index in [1.165, 1.54) is 26.7 Å². The van der Waals surface area contributed by atoms with E-state index < -0.39 is 18.0 Å². The Kier molecular flexibility index (Phi) is 6.23. The SMILES string of the molecule is CCC(OC(=O)c1cccc2ocnc12)C(=O)Nc1cc(Cl)c(OC)cc1OC. The van der Waals surface area contributed by atoms with Crippen LogP contribution < -0.4 is 14.8 Å². The lowest BCUT2D eigenvalue weighted by atomic mass is 10.2. The van der Waals surface area contributed by atoms with Crippen LogP contribution in [0, 0.1) is 0 Å². The number of benzene rings is 2. The van der Waals surface area contributed by atoms with Crippen molar-refractivity contribution in [2.75, 3.05) is 19.5 Å². The molecule has 1 N–H and O–H groups in total. The Morgan fingerprint density at radius 3 is 2.66 bits per heavy atom. The lowest BCUT2D eigenvalue weighted by Gasteiger charge is -2.18. The average Bonchev–Trinajstić information content (AvgIpc) is 3.20. The molecule has 8 nitrogen and oxygen atoms in total. The van der Waals surface area contributed by atoms with E-state index in [1.54, 1.807) is 31.2 Å². The van der Waals surface area contributed by atoms with Crippen molar-refractivity contribution in [3.05, 3.63) is 47.3 Å². The molecule has 0 saturated heterocycles. The number of para-hydroxylation sites is 1. The second-order valence-electron chi connectivity index (χ2n) is 5.98. The van der Waals surface area contributed by atoms with Gasteiger partial charge in [-0.1, -0.05) is 24.6 Å². The molecule has 0 fully saturated rings. The van der Waals surface area contributed by atoms with Gasteiger partial charge in [-0.2, -0.15) is 0 Å². The third kappa shape index (κ3) is 4.27. The average molecular weight is 419 g/mol. The molecule has 0 bridgehead atoms. The number of fused-ring (bicyclic) bond motifs is 1. The second-order valence-corrected chi connectivity index (χ2v) is 6.39. The molecule has 9 heteroatoms. The number of halogens is 1. The van der Waals surface area contributed by atoms with Crippen LogP contribution in [0.4, 0.5) is 5.69 Å². The van der Waals surface area contributed by atoms with E-state index >= 15 is 0 Å². The van der Waals surface area contributed by atoms with Gasteiger partial charge in [-0.15, -0.1) is 0 Å². The molecule has 0 aliphatic rings. The zero-order valence-electron chi connectivity index (χ0n) is 16.0. The summed E-state index contributed by atoms with van der Waals surface area (Å²) >= 11 is 6.13. The van der Waals surface area contributed by atoms with Gasteiger partial charge in [0.05, 0.1) is 30.5 Å². The minimum absolute atomic E-state index is 0.215. The first-order chi connectivity index (χ1) is 14.0. The Morgan fingerprint density at radius 1 is 1.21 bits per heavy atom. The van der Waals surface area contributed by atoms with E-state index in [1.807, 2.05) is 0 Å². The van der Waals surface area contributed by atoms with Gasteiger partial charge >= 0.3 is 5.97 Å². The van der Waals surface area contributed by atoms with Gasteiger partial charge in [-0.05, 0) is 24.6 Å². The Hall–Kier alpha value is -3.26. The van der Waals surface area contributed by atoms with Gasteiger partial charge in [0.2, 0.25) is 0 Å². The summed E-state index contributed by atoms with van der Waals surface area (Å²) in [4.78, 5) is 29.3. The number of aromatic nitrogens is 1. The van der Waals surface area contributed by atoms with Gasteiger partial charge in [-0.25, -0.2) is 9.78 Å². The fourth-order valence-electron chi connectivity index (χ4n) is 2.74. The Labute approximate surface area is 171 Å². The molecule has 1 atom stereocenters. The summed E-state index contributed by atoms with van der Waals surface area (Å²) in [6.07, 6.45) is 0.472. The Morgan fingerprint density at radius 2 is 1.97 bits per heavy atom. The summed E-state index contributed by atoms with van der Waals surface area (Å²) in [6, 6.07) is 7.94. The van der Waals surface area contributed by atoms with Gasteiger partial charge in [0.15, 0.2) is 18.1 Å².